The Morgan fingerprint density at radius 3 is 2.48 bits per heavy atom. The minimum atomic E-state index is -3.39. The van der Waals surface area contributed by atoms with E-state index in [2.05, 4.69) is 0 Å². The van der Waals surface area contributed by atoms with Crippen molar-refractivity contribution in [1.29, 1.82) is 5.26 Å². The zero-order valence-electron chi connectivity index (χ0n) is 11.0. The molecule has 0 N–H and O–H groups in total. The van der Waals surface area contributed by atoms with E-state index >= 15 is 0 Å². The van der Waals surface area contributed by atoms with Crippen LogP contribution in [-0.2, 0) is 9.84 Å². The summed E-state index contributed by atoms with van der Waals surface area (Å²) in [7, 11) is -3.39. The molecule has 0 aliphatic rings. The van der Waals surface area contributed by atoms with E-state index in [1.807, 2.05) is 6.07 Å². The molecule has 0 aromatic heterocycles. The van der Waals surface area contributed by atoms with Crippen molar-refractivity contribution >= 4 is 21.6 Å². The van der Waals surface area contributed by atoms with Gasteiger partial charge in [0.25, 0.3) is 0 Å². The quantitative estimate of drug-likeness (QED) is 0.793. The summed E-state index contributed by atoms with van der Waals surface area (Å²) in [5.41, 5.74) is 0.420. The summed E-state index contributed by atoms with van der Waals surface area (Å²) in [5.74, 6) is -0.0405. The van der Waals surface area contributed by atoms with Gasteiger partial charge < -0.3 is 0 Å². The predicted octanol–water partition coefficient (Wildman–Crippen LogP) is 3.26. The fraction of sp³-hybridized carbons (Fsp3) is 0.133. The first kappa shape index (κ1) is 15.5. The van der Waals surface area contributed by atoms with Crippen molar-refractivity contribution in [2.45, 2.75) is 9.79 Å². The summed E-state index contributed by atoms with van der Waals surface area (Å²) in [5, 5.41) is 8.69. The van der Waals surface area contributed by atoms with Gasteiger partial charge in [-0.15, -0.1) is 11.8 Å². The van der Waals surface area contributed by atoms with Crippen LogP contribution in [0.1, 0.15) is 5.56 Å². The molecule has 0 amide bonds. The molecular weight excluding hydrogens is 309 g/mol. The first-order chi connectivity index (χ1) is 10.0. The Kier molecular flexibility index (Phi) is 4.99. The third-order valence-electron chi connectivity index (χ3n) is 2.76. The van der Waals surface area contributed by atoms with Crippen molar-refractivity contribution in [2.24, 2.45) is 0 Å². The van der Waals surface area contributed by atoms with Crippen LogP contribution in [-0.4, -0.2) is 19.9 Å². The number of sulfone groups is 1. The molecule has 0 fully saturated rings. The molecule has 0 aliphatic heterocycles. The van der Waals surface area contributed by atoms with Gasteiger partial charge in [0.2, 0.25) is 0 Å². The highest BCUT2D eigenvalue weighted by atomic mass is 32.2. The van der Waals surface area contributed by atoms with Crippen molar-refractivity contribution in [3.63, 3.8) is 0 Å². The number of benzene rings is 2. The number of thioether (sulfide) groups is 1. The first-order valence-electron chi connectivity index (χ1n) is 6.12. The summed E-state index contributed by atoms with van der Waals surface area (Å²) < 4.78 is 37.2. The number of hydrogen-bond donors (Lipinski definition) is 0. The number of nitriles is 1. The van der Waals surface area contributed by atoms with Crippen LogP contribution in [0.3, 0.4) is 0 Å². The smallest absolute Gasteiger partial charge is 0.179 e. The lowest BCUT2D eigenvalue weighted by molar-refractivity contribution is 0.597. The molecule has 108 valence electrons. The van der Waals surface area contributed by atoms with E-state index in [0.717, 1.165) is 0 Å². The van der Waals surface area contributed by atoms with E-state index in [9.17, 15) is 12.8 Å². The zero-order chi connectivity index (χ0) is 15.3. The highest BCUT2D eigenvalue weighted by molar-refractivity contribution is 8.00. The Bertz CT molecular complexity index is 765. The van der Waals surface area contributed by atoms with Gasteiger partial charge in [0.05, 0.1) is 22.3 Å². The fourth-order valence-electron chi connectivity index (χ4n) is 1.68. The molecule has 0 unspecified atom stereocenters. The van der Waals surface area contributed by atoms with E-state index in [0.29, 0.717) is 16.2 Å². The summed E-state index contributed by atoms with van der Waals surface area (Å²) in [6, 6.07) is 13.8. The first-order valence-corrected chi connectivity index (χ1v) is 8.76. The van der Waals surface area contributed by atoms with Crippen LogP contribution in [0, 0.1) is 17.1 Å². The molecule has 0 saturated carbocycles. The van der Waals surface area contributed by atoms with Crippen LogP contribution in [0.2, 0.25) is 0 Å². The van der Waals surface area contributed by atoms with Crippen molar-refractivity contribution in [3.8, 4) is 6.07 Å². The van der Waals surface area contributed by atoms with E-state index in [4.69, 9.17) is 5.26 Å². The molecule has 0 aliphatic carbocycles. The Balaban J connectivity index is 1.99. The van der Waals surface area contributed by atoms with Gasteiger partial charge in [-0.2, -0.15) is 5.26 Å². The third kappa shape index (κ3) is 4.31. The normalized spacial score (nSPS) is 11.0. The molecule has 3 nitrogen and oxygen atoms in total. The maximum Gasteiger partial charge on any atom is 0.179 e. The second-order valence-corrected chi connectivity index (χ2v) is 7.54. The Morgan fingerprint density at radius 2 is 1.86 bits per heavy atom. The lowest BCUT2D eigenvalue weighted by Crippen LogP contribution is -2.08. The third-order valence-corrected chi connectivity index (χ3v) is 5.75. The van der Waals surface area contributed by atoms with Crippen molar-refractivity contribution < 1.29 is 12.8 Å². The van der Waals surface area contributed by atoms with Gasteiger partial charge in [-0.1, -0.05) is 6.07 Å². The Labute approximate surface area is 127 Å². The van der Waals surface area contributed by atoms with E-state index < -0.39 is 9.84 Å². The molecule has 0 heterocycles. The highest BCUT2D eigenvalue weighted by Crippen LogP contribution is 2.20. The fourth-order valence-corrected chi connectivity index (χ4v) is 4.28. The van der Waals surface area contributed by atoms with Crippen LogP contribution in [0.5, 0.6) is 0 Å². The van der Waals surface area contributed by atoms with Gasteiger partial charge in [0, 0.05) is 10.6 Å². The number of halogens is 1. The van der Waals surface area contributed by atoms with Crippen LogP contribution in [0.15, 0.2) is 58.3 Å². The van der Waals surface area contributed by atoms with Gasteiger partial charge in [-0.05, 0) is 42.5 Å². The molecule has 0 bridgehead atoms. The molecule has 2 rings (SSSR count). The van der Waals surface area contributed by atoms with Crippen molar-refractivity contribution in [2.75, 3.05) is 11.5 Å². The molecule has 2 aromatic carbocycles. The minimum Gasteiger partial charge on any atom is -0.224 e. The van der Waals surface area contributed by atoms with Gasteiger partial charge in [-0.3, -0.25) is 0 Å². The lowest BCUT2D eigenvalue weighted by Gasteiger charge is -2.05. The molecule has 0 radical (unpaired) electrons. The second-order valence-electron chi connectivity index (χ2n) is 4.26. The van der Waals surface area contributed by atoms with Gasteiger partial charge in [0.1, 0.15) is 5.82 Å². The van der Waals surface area contributed by atoms with E-state index in [1.54, 1.807) is 12.1 Å². The van der Waals surface area contributed by atoms with Crippen molar-refractivity contribution in [3.05, 3.63) is 59.9 Å². The number of rotatable bonds is 5. The average molecular weight is 321 g/mol. The molecule has 0 spiro atoms. The SMILES string of the molecule is N#Cc1ccc(S(=O)(=O)CCSc2cccc(F)c2)cc1. The molecule has 6 heteroatoms. The summed E-state index contributed by atoms with van der Waals surface area (Å²) in [6.07, 6.45) is 0. The average Bonchev–Trinajstić information content (AvgIpc) is 2.47. The number of nitrogens with zero attached hydrogens (tertiary/aromatic N) is 1. The molecule has 0 atom stereocenters. The Hall–Kier alpha value is -1.84. The topological polar surface area (TPSA) is 57.9 Å². The maximum atomic E-state index is 13.0. The minimum absolute atomic E-state index is 0.0416. The monoisotopic (exact) mass is 321 g/mol. The van der Waals surface area contributed by atoms with Crippen LogP contribution < -0.4 is 0 Å². The highest BCUT2D eigenvalue weighted by Gasteiger charge is 2.14. The Morgan fingerprint density at radius 1 is 1.14 bits per heavy atom. The van der Waals surface area contributed by atoms with E-state index in [1.165, 1.54) is 48.2 Å². The van der Waals surface area contributed by atoms with E-state index in [-0.39, 0.29) is 16.5 Å². The molecular formula is C15H12FNO2S2. The second kappa shape index (κ2) is 6.74. The van der Waals surface area contributed by atoms with Crippen LogP contribution in [0.25, 0.3) is 0 Å². The molecule has 2 aromatic rings. The maximum absolute atomic E-state index is 13.0. The molecule has 21 heavy (non-hydrogen) atoms. The van der Waals surface area contributed by atoms with Crippen LogP contribution in [0.4, 0.5) is 4.39 Å². The zero-order valence-corrected chi connectivity index (χ0v) is 12.6. The van der Waals surface area contributed by atoms with Crippen molar-refractivity contribution in [1.82, 2.24) is 0 Å². The predicted molar refractivity (Wildman–Crippen MR) is 80.3 cm³/mol. The van der Waals surface area contributed by atoms with Gasteiger partial charge in [-0.25, -0.2) is 12.8 Å². The van der Waals surface area contributed by atoms with Gasteiger partial charge in [0.15, 0.2) is 9.84 Å². The summed E-state index contributed by atoms with van der Waals surface area (Å²) in [4.78, 5) is 0.895. The summed E-state index contributed by atoms with van der Waals surface area (Å²) in [6.45, 7) is 0. The lowest BCUT2D eigenvalue weighted by atomic mass is 10.2. The summed E-state index contributed by atoms with van der Waals surface area (Å²) >= 11 is 1.29. The standard InChI is InChI=1S/C15H12FNO2S2/c16-13-2-1-3-14(10-13)20-8-9-21(18,19)15-6-4-12(11-17)5-7-15/h1-7,10H,8-9H2. The number of hydrogen-bond acceptors (Lipinski definition) is 4. The molecule has 0 saturated heterocycles. The van der Waals surface area contributed by atoms with Crippen LogP contribution >= 0.6 is 11.8 Å². The van der Waals surface area contributed by atoms with Gasteiger partial charge >= 0.3 is 0 Å². The largest absolute Gasteiger partial charge is 0.224 e.